The van der Waals surface area contributed by atoms with E-state index in [-0.39, 0.29) is 11.3 Å². The highest BCUT2D eigenvalue weighted by Gasteiger charge is 2.36. The Bertz CT molecular complexity index is 1030. The summed E-state index contributed by atoms with van der Waals surface area (Å²) in [5.74, 6) is 1.34. The summed E-state index contributed by atoms with van der Waals surface area (Å²) in [7, 11) is 3.29. The second-order valence-electron chi connectivity index (χ2n) is 8.03. The third-order valence-corrected chi connectivity index (χ3v) is 6.98. The molecule has 162 valence electrons. The molecule has 1 fully saturated rings. The van der Waals surface area contributed by atoms with Gasteiger partial charge in [-0.25, -0.2) is 4.98 Å². The SMILES string of the molecule is COc1ccc(C2(CNC(=O)c3csc(Cc4ccccc4)n3)CCCC2)cc1OC. The van der Waals surface area contributed by atoms with E-state index in [9.17, 15) is 4.79 Å². The number of carbonyl (C=O) groups is 1. The van der Waals surface area contributed by atoms with Gasteiger partial charge < -0.3 is 14.8 Å². The number of hydrogen-bond donors (Lipinski definition) is 1. The Kier molecular flexibility index (Phi) is 6.56. The van der Waals surface area contributed by atoms with Crippen LogP contribution in [0.1, 0.15) is 52.3 Å². The van der Waals surface area contributed by atoms with Crippen LogP contribution in [0.2, 0.25) is 0 Å². The molecule has 0 spiro atoms. The highest BCUT2D eigenvalue weighted by Crippen LogP contribution is 2.43. The molecule has 0 radical (unpaired) electrons. The van der Waals surface area contributed by atoms with Crippen molar-refractivity contribution >= 4 is 17.2 Å². The quantitative estimate of drug-likeness (QED) is 0.540. The van der Waals surface area contributed by atoms with Crippen molar-refractivity contribution in [2.75, 3.05) is 20.8 Å². The van der Waals surface area contributed by atoms with Crippen molar-refractivity contribution in [3.8, 4) is 11.5 Å². The van der Waals surface area contributed by atoms with E-state index in [1.165, 1.54) is 22.5 Å². The van der Waals surface area contributed by atoms with Crippen LogP contribution in [0.5, 0.6) is 11.5 Å². The van der Waals surface area contributed by atoms with Crippen LogP contribution in [0.3, 0.4) is 0 Å². The minimum Gasteiger partial charge on any atom is -0.493 e. The molecule has 6 heteroatoms. The number of thiazole rings is 1. The Morgan fingerprint density at radius 2 is 1.81 bits per heavy atom. The molecule has 1 saturated carbocycles. The Labute approximate surface area is 187 Å². The van der Waals surface area contributed by atoms with E-state index in [4.69, 9.17) is 9.47 Å². The fraction of sp³-hybridized carbons (Fsp3) is 0.360. The van der Waals surface area contributed by atoms with Gasteiger partial charge in [-0.2, -0.15) is 0 Å². The molecule has 1 heterocycles. The van der Waals surface area contributed by atoms with Crippen LogP contribution in [-0.4, -0.2) is 31.7 Å². The maximum Gasteiger partial charge on any atom is 0.270 e. The molecule has 0 atom stereocenters. The van der Waals surface area contributed by atoms with Crippen molar-refractivity contribution in [1.82, 2.24) is 10.3 Å². The third-order valence-electron chi connectivity index (χ3n) is 6.13. The average molecular weight is 437 g/mol. The molecule has 1 N–H and O–H groups in total. The largest absolute Gasteiger partial charge is 0.493 e. The summed E-state index contributed by atoms with van der Waals surface area (Å²) in [4.78, 5) is 17.4. The van der Waals surface area contributed by atoms with Gasteiger partial charge in [-0.1, -0.05) is 49.2 Å². The van der Waals surface area contributed by atoms with E-state index < -0.39 is 0 Å². The summed E-state index contributed by atoms with van der Waals surface area (Å²) in [5.41, 5.74) is 2.79. The number of ether oxygens (including phenoxy) is 2. The van der Waals surface area contributed by atoms with Gasteiger partial charge in [0, 0.05) is 23.8 Å². The molecule has 4 rings (SSSR count). The lowest BCUT2D eigenvalue weighted by Gasteiger charge is -2.30. The first-order valence-electron chi connectivity index (χ1n) is 10.6. The normalized spacial score (nSPS) is 14.9. The van der Waals surface area contributed by atoms with Crippen molar-refractivity contribution in [3.05, 3.63) is 75.7 Å². The molecule has 0 bridgehead atoms. The number of methoxy groups -OCH3 is 2. The monoisotopic (exact) mass is 436 g/mol. The maximum absolute atomic E-state index is 12.9. The van der Waals surface area contributed by atoms with Crippen molar-refractivity contribution in [2.45, 2.75) is 37.5 Å². The van der Waals surface area contributed by atoms with Gasteiger partial charge >= 0.3 is 0 Å². The fourth-order valence-electron chi connectivity index (χ4n) is 4.39. The molecule has 5 nitrogen and oxygen atoms in total. The van der Waals surface area contributed by atoms with Crippen molar-refractivity contribution in [1.29, 1.82) is 0 Å². The van der Waals surface area contributed by atoms with Crippen LogP contribution >= 0.6 is 11.3 Å². The smallest absolute Gasteiger partial charge is 0.270 e. The predicted octanol–water partition coefficient (Wildman–Crippen LogP) is 4.99. The molecule has 1 aliphatic carbocycles. The summed E-state index contributed by atoms with van der Waals surface area (Å²) in [6.45, 7) is 0.590. The Balaban J connectivity index is 1.46. The Morgan fingerprint density at radius 3 is 2.52 bits per heavy atom. The zero-order valence-electron chi connectivity index (χ0n) is 18.0. The standard InChI is InChI=1S/C25H28N2O3S/c1-29-21-11-10-19(15-22(21)30-2)25(12-6-7-13-25)17-26-24(28)20-16-31-23(27-20)14-18-8-4-3-5-9-18/h3-5,8-11,15-16H,6-7,12-14,17H2,1-2H3,(H,26,28). The van der Waals surface area contributed by atoms with Crippen molar-refractivity contribution in [3.63, 3.8) is 0 Å². The number of aromatic nitrogens is 1. The first-order chi connectivity index (χ1) is 15.1. The second kappa shape index (κ2) is 9.52. The fourth-order valence-corrected chi connectivity index (χ4v) is 5.20. The van der Waals surface area contributed by atoms with Crippen LogP contribution in [0.15, 0.2) is 53.9 Å². The van der Waals surface area contributed by atoms with E-state index in [0.29, 0.717) is 12.2 Å². The zero-order valence-corrected chi connectivity index (χ0v) is 18.8. The maximum atomic E-state index is 12.9. The lowest BCUT2D eigenvalue weighted by molar-refractivity contribution is 0.0938. The molecule has 0 saturated heterocycles. The molecule has 0 unspecified atom stereocenters. The predicted molar refractivity (Wildman–Crippen MR) is 123 cm³/mol. The van der Waals surface area contributed by atoms with Gasteiger partial charge in [0.05, 0.1) is 19.2 Å². The first-order valence-corrected chi connectivity index (χ1v) is 11.5. The van der Waals surface area contributed by atoms with Crippen LogP contribution in [0.4, 0.5) is 0 Å². The first kappa shape index (κ1) is 21.4. The number of nitrogens with zero attached hydrogens (tertiary/aromatic N) is 1. The van der Waals surface area contributed by atoms with Crippen LogP contribution in [-0.2, 0) is 11.8 Å². The van der Waals surface area contributed by atoms with Gasteiger partial charge in [0.2, 0.25) is 0 Å². The molecule has 2 aromatic carbocycles. The number of hydrogen-bond acceptors (Lipinski definition) is 5. The molecular formula is C25H28N2O3S. The summed E-state index contributed by atoms with van der Waals surface area (Å²) < 4.78 is 10.9. The molecule has 3 aromatic rings. The number of carbonyl (C=O) groups excluding carboxylic acids is 1. The summed E-state index contributed by atoms with van der Waals surface area (Å²) in [5, 5.41) is 5.96. The van der Waals surface area contributed by atoms with E-state index >= 15 is 0 Å². The van der Waals surface area contributed by atoms with Crippen LogP contribution < -0.4 is 14.8 Å². The highest BCUT2D eigenvalue weighted by atomic mass is 32.1. The number of benzene rings is 2. The Morgan fingerprint density at radius 1 is 1.06 bits per heavy atom. The number of nitrogens with one attached hydrogen (secondary N) is 1. The topological polar surface area (TPSA) is 60.5 Å². The lowest BCUT2D eigenvalue weighted by Crippen LogP contribution is -2.39. The molecule has 1 amide bonds. The van der Waals surface area contributed by atoms with Gasteiger partial charge in [-0.05, 0) is 36.1 Å². The highest BCUT2D eigenvalue weighted by molar-refractivity contribution is 7.09. The van der Waals surface area contributed by atoms with Gasteiger partial charge in [-0.15, -0.1) is 11.3 Å². The van der Waals surface area contributed by atoms with Gasteiger partial charge in [0.1, 0.15) is 5.69 Å². The molecule has 1 aliphatic rings. The van der Waals surface area contributed by atoms with Crippen molar-refractivity contribution in [2.24, 2.45) is 0 Å². The zero-order chi connectivity index (χ0) is 21.7. The van der Waals surface area contributed by atoms with Crippen LogP contribution in [0, 0.1) is 0 Å². The molecule has 1 aromatic heterocycles. The lowest BCUT2D eigenvalue weighted by atomic mass is 9.78. The third kappa shape index (κ3) is 4.74. The van der Waals surface area contributed by atoms with Gasteiger partial charge in [0.25, 0.3) is 5.91 Å². The van der Waals surface area contributed by atoms with E-state index in [2.05, 4.69) is 34.6 Å². The molecule has 31 heavy (non-hydrogen) atoms. The minimum absolute atomic E-state index is 0.0852. The van der Waals surface area contributed by atoms with E-state index in [1.54, 1.807) is 14.2 Å². The average Bonchev–Trinajstić information content (AvgIpc) is 3.48. The minimum atomic E-state index is -0.109. The summed E-state index contributed by atoms with van der Waals surface area (Å²) >= 11 is 1.53. The van der Waals surface area contributed by atoms with E-state index in [1.807, 2.05) is 29.6 Å². The Hall–Kier alpha value is -2.86. The van der Waals surface area contributed by atoms with Gasteiger partial charge in [0.15, 0.2) is 11.5 Å². The number of rotatable bonds is 8. The van der Waals surface area contributed by atoms with Crippen LogP contribution in [0.25, 0.3) is 0 Å². The summed E-state index contributed by atoms with van der Waals surface area (Å²) in [6, 6.07) is 16.3. The molecular weight excluding hydrogens is 408 g/mol. The summed E-state index contributed by atoms with van der Waals surface area (Å²) in [6.07, 6.45) is 5.14. The second-order valence-corrected chi connectivity index (χ2v) is 8.97. The van der Waals surface area contributed by atoms with E-state index in [0.717, 1.165) is 48.6 Å². The van der Waals surface area contributed by atoms with Crippen molar-refractivity contribution < 1.29 is 14.3 Å². The van der Waals surface area contributed by atoms with Gasteiger partial charge in [-0.3, -0.25) is 4.79 Å². The molecule has 0 aliphatic heterocycles. The number of amides is 1.